The van der Waals surface area contributed by atoms with Gasteiger partial charge >= 0.3 is 0 Å². The van der Waals surface area contributed by atoms with Crippen LogP contribution < -0.4 is 24.2 Å². The van der Waals surface area contributed by atoms with Crippen LogP contribution in [-0.2, 0) is 21.2 Å². The van der Waals surface area contributed by atoms with Crippen molar-refractivity contribution in [2.24, 2.45) is 0 Å². The van der Waals surface area contributed by atoms with Gasteiger partial charge in [0.1, 0.15) is 11.8 Å². The first-order valence-corrected chi connectivity index (χ1v) is 11.6. The summed E-state index contributed by atoms with van der Waals surface area (Å²) in [6.07, 6.45) is 0.156. The van der Waals surface area contributed by atoms with Crippen LogP contribution in [0.4, 0.5) is 5.69 Å². The first-order chi connectivity index (χ1) is 15.9. The highest BCUT2D eigenvalue weighted by Crippen LogP contribution is 2.29. The van der Waals surface area contributed by atoms with Gasteiger partial charge in [-0.2, -0.15) is 4.72 Å². The Kier molecular flexibility index (Phi) is 7.92. The molecular formula is C24H26N2O6S. The van der Waals surface area contributed by atoms with Gasteiger partial charge in [-0.25, -0.2) is 8.42 Å². The second kappa shape index (κ2) is 10.8. The molecule has 0 radical (unpaired) electrons. The molecule has 33 heavy (non-hydrogen) atoms. The molecule has 2 N–H and O–H groups in total. The summed E-state index contributed by atoms with van der Waals surface area (Å²) in [7, 11) is 0.345. The van der Waals surface area contributed by atoms with Crippen LogP contribution in [0.1, 0.15) is 5.56 Å². The van der Waals surface area contributed by atoms with Crippen LogP contribution in [0.5, 0.6) is 17.2 Å². The molecule has 3 rings (SSSR count). The van der Waals surface area contributed by atoms with E-state index in [9.17, 15) is 13.2 Å². The Balaban J connectivity index is 1.89. The lowest BCUT2D eigenvalue weighted by Crippen LogP contribution is -2.45. The molecule has 9 heteroatoms. The van der Waals surface area contributed by atoms with Gasteiger partial charge in [-0.3, -0.25) is 4.79 Å². The molecule has 8 nitrogen and oxygen atoms in total. The maximum atomic E-state index is 13.2. The zero-order chi connectivity index (χ0) is 23.8. The Bertz CT molecular complexity index is 1200. The van der Waals surface area contributed by atoms with Crippen LogP contribution >= 0.6 is 0 Å². The van der Waals surface area contributed by atoms with Gasteiger partial charge in [-0.1, -0.05) is 36.4 Å². The molecule has 0 saturated heterocycles. The highest BCUT2D eigenvalue weighted by Gasteiger charge is 2.27. The SMILES string of the molecule is COc1cccc(NC(=O)[C@@H](Cc2ccccc2)NS(=O)(=O)c2ccc(OC)c(OC)c2)c1. The van der Waals surface area contributed by atoms with Crippen molar-refractivity contribution < 1.29 is 27.4 Å². The average Bonchev–Trinajstić information content (AvgIpc) is 2.83. The normalized spacial score (nSPS) is 12.0. The van der Waals surface area contributed by atoms with Gasteiger partial charge in [0, 0.05) is 17.8 Å². The van der Waals surface area contributed by atoms with Crippen LogP contribution in [0.3, 0.4) is 0 Å². The largest absolute Gasteiger partial charge is 0.497 e. The van der Waals surface area contributed by atoms with Crippen molar-refractivity contribution in [3.05, 3.63) is 78.4 Å². The summed E-state index contributed by atoms with van der Waals surface area (Å²) in [6.45, 7) is 0. The zero-order valence-electron chi connectivity index (χ0n) is 18.6. The van der Waals surface area contributed by atoms with E-state index < -0.39 is 22.0 Å². The molecule has 0 unspecified atom stereocenters. The number of sulfonamides is 1. The number of methoxy groups -OCH3 is 3. The first-order valence-electron chi connectivity index (χ1n) is 10.1. The minimum Gasteiger partial charge on any atom is -0.497 e. The molecule has 3 aromatic rings. The number of anilines is 1. The minimum atomic E-state index is -4.06. The van der Waals surface area contributed by atoms with Gasteiger partial charge in [0.2, 0.25) is 15.9 Å². The van der Waals surface area contributed by atoms with Crippen molar-refractivity contribution in [2.75, 3.05) is 26.6 Å². The summed E-state index contributed by atoms with van der Waals surface area (Å²) >= 11 is 0. The monoisotopic (exact) mass is 470 g/mol. The molecule has 0 bridgehead atoms. The highest BCUT2D eigenvalue weighted by atomic mass is 32.2. The molecular weight excluding hydrogens is 444 g/mol. The zero-order valence-corrected chi connectivity index (χ0v) is 19.4. The van der Waals surface area contributed by atoms with Crippen LogP contribution in [0.15, 0.2) is 77.7 Å². The standard InChI is InChI=1S/C24H26N2O6S/c1-30-19-11-7-10-18(15-19)25-24(27)21(14-17-8-5-4-6-9-17)26-33(28,29)20-12-13-22(31-2)23(16-20)32-3/h4-13,15-16,21,26H,14H2,1-3H3,(H,25,27)/t21-/m1/s1. The third-order valence-corrected chi connectivity index (χ3v) is 6.37. The molecule has 0 aliphatic heterocycles. The summed E-state index contributed by atoms with van der Waals surface area (Å²) in [5.41, 5.74) is 1.29. The predicted molar refractivity (Wildman–Crippen MR) is 125 cm³/mol. The lowest BCUT2D eigenvalue weighted by molar-refractivity contribution is -0.117. The summed E-state index contributed by atoms with van der Waals surface area (Å²) in [5.74, 6) is 0.725. The van der Waals surface area contributed by atoms with E-state index in [1.54, 1.807) is 24.3 Å². The Morgan fingerprint density at radius 1 is 0.848 bits per heavy atom. The number of benzene rings is 3. The smallest absolute Gasteiger partial charge is 0.242 e. The van der Waals surface area contributed by atoms with Crippen molar-refractivity contribution in [1.82, 2.24) is 4.72 Å². The first kappa shape index (κ1) is 24.1. The number of nitrogens with one attached hydrogen (secondary N) is 2. The molecule has 0 aliphatic rings. The van der Waals surface area contributed by atoms with Crippen molar-refractivity contribution in [3.8, 4) is 17.2 Å². The lowest BCUT2D eigenvalue weighted by Gasteiger charge is -2.19. The van der Waals surface area contributed by atoms with E-state index in [2.05, 4.69) is 10.0 Å². The third kappa shape index (κ3) is 6.24. The quantitative estimate of drug-likeness (QED) is 0.472. The minimum absolute atomic E-state index is 0.0487. The summed E-state index contributed by atoms with van der Waals surface area (Å²) in [5, 5.41) is 2.76. The molecule has 3 aromatic carbocycles. The van der Waals surface area contributed by atoms with Crippen molar-refractivity contribution in [2.45, 2.75) is 17.4 Å². The van der Waals surface area contributed by atoms with Gasteiger partial charge in [-0.05, 0) is 36.2 Å². The van der Waals surface area contributed by atoms with E-state index >= 15 is 0 Å². The maximum absolute atomic E-state index is 13.2. The molecule has 0 aliphatic carbocycles. The maximum Gasteiger partial charge on any atom is 0.242 e. The average molecular weight is 471 g/mol. The van der Waals surface area contributed by atoms with Crippen molar-refractivity contribution in [1.29, 1.82) is 0 Å². The van der Waals surface area contributed by atoms with Crippen LogP contribution in [0, 0.1) is 0 Å². The third-order valence-electron chi connectivity index (χ3n) is 4.90. The number of rotatable bonds is 10. The van der Waals surface area contributed by atoms with Gasteiger partial charge in [0.25, 0.3) is 0 Å². The van der Waals surface area contributed by atoms with Crippen LogP contribution in [-0.4, -0.2) is 41.7 Å². The van der Waals surface area contributed by atoms with Gasteiger partial charge in [0.15, 0.2) is 11.5 Å². The molecule has 1 atom stereocenters. The molecule has 0 spiro atoms. The fourth-order valence-corrected chi connectivity index (χ4v) is 4.42. The number of amides is 1. The summed E-state index contributed by atoms with van der Waals surface area (Å²) in [6, 6.07) is 19.2. The Morgan fingerprint density at radius 2 is 1.58 bits per heavy atom. The topological polar surface area (TPSA) is 103 Å². The summed E-state index contributed by atoms with van der Waals surface area (Å²) in [4.78, 5) is 13.1. The van der Waals surface area contributed by atoms with E-state index in [0.29, 0.717) is 17.2 Å². The second-order valence-electron chi connectivity index (χ2n) is 7.10. The van der Waals surface area contributed by atoms with Crippen LogP contribution in [0.2, 0.25) is 0 Å². The molecule has 1 amide bonds. The number of carbonyl (C=O) groups is 1. The van der Waals surface area contributed by atoms with E-state index in [1.165, 1.54) is 39.5 Å². The number of hydrogen-bond acceptors (Lipinski definition) is 6. The predicted octanol–water partition coefficient (Wildman–Crippen LogP) is 3.24. The van der Waals surface area contributed by atoms with Crippen LogP contribution in [0.25, 0.3) is 0 Å². The molecule has 0 saturated carbocycles. The Labute approximate surface area is 193 Å². The Morgan fingerprint density at radius 3 is 2.24 bits per heavy atom. The number of hydrogen-bond donors (Lipinski definition) is 2. The van der Waals surface area contributed by atoms with E-state index in [-0.39, 0.29) is 17.1 Å². The fraction of sp³-hybridized carbons (Fsp3) is 0.208. The summed E-state index contributed by atoms with van der Waals surface area (Å²) < 4.78 is 44.4. The van der Waals surface area contributed by atoms with Gasteiger partial charge in [0.05, 0.1) is 26.2 Å². The fourth-order valence-electron chi connectivity index (χ4n) is 3.21. The molecule has 0 aromatic heterocycles. The van der Waals surface area contributed by atoms with E-state index in [1.807, 2.05) is 30.3 Å². The lowest BCUT2D eigenvalue weighted by atomic mass is 10.1. The number of carbonyl (C=O) groups excluding carboxylic acids is 1. The molecule has 0 heterocycles. The van der Waals surface area contributed by atoms with Gasteiger partial charge in [-0.15, -0.1) is 0 Å². The molecule has 0 fully saturated rings. The molecule has 174 valence electrons. The van der Waals surface area contributed by atoms with Gasteiger partial charge < -0.3 is 19.5 Å². The number of ether oxygens (including phenoxy) is 3. The Hall–Kier alpha value is -3.56. The van der Waals surface area contributed by atoms with E-state index in [0.717, 1.165) is 5.56 Å². The van der Waals surface area contributed by atoms with Crippen molar-refractivity contribution in [3.63, 3.8) is 0 Å². The van der Waals surface area contributed by atoms with E-state index in [4.69, 9.17) is 14.2 Å². The van der Waals surface area contributed by atoms with Crippen molar-refractivity contribution >= 4 is 21.6 Å². The second-order valence-corrected chi connectivity index (χ2v) is 8.82. The highest BCUT2D eigenvalue weighted by molar-refractivity contribution is 7.89.